The number of morpholine rings is 1. The van der Waals surface area contributed by atoms with Gasteiger partial charge in [0.05, 0.1) is 13.2 Å². The second kappa shape index (κ2) is 10.9. The molecular weight excluding hydrogens is 420 g/mol. The number of nitrogens with two attached hydrogens (primary N) is 1. The summed E-state index contributed by atoms with van der Waals surface area (Å²) in [5.74, 6) is 0.475. The van der Waals surface area contributed by atoms with Gasteiger partial charge < -0.3 is 15.8 Å². The zero-order chi connectivity index (χ0) is 17.1. The monoisotopic (exact) mass is 443 g/mol. The van der Waals surface area contributed by atoms with Gasteiger partial charge in [0.25, 0.3) is 0 Å². The van der Waals surface area contributed by atoms with E-state index in [-0.39, 0.29) is 36.8 Å². The molecule has 0 radical (unpaired) electrons. The molecule has 0 bridgehead atoms. The van der Waals surface area contributed by atoms with Crippen LogP contribution in [-0.2, 0) is 9.53 Å². The van der Waals surface area contributed by atoms with Crippen LogP contribution >= 0.6 is 48.0 Å². The molecule has 1 aliphatic carbocycles. The lowest BCUT2D eigenvalue weighted by atomic mass is 10.0. The Labute approximate surface area is 176 Å². The fraction of sp³-hybridized carbons (Fsp3) is 0.588. The average Bonchev–Trinajstić information content (AvgIpc) is 3.41. The van der Waals surface area contributed by atoms with Crippen LogP contribution in [0.4, 0.5) is 0 Å². The molecule has 2 unspecified atom stereocenters. The molecule has 1 saturated heterocycles. The van der Waals surface area contributed by atoms with Crippen LogP contribution in [0.2, 0.25) is 10.0 Å². The summed E-state index contributed by atoms with van der Waals surface area (Å²) < 4.78 is 5.41. The van der Waals surface area contributed by atoms with Crippen molar-refractivity contribution in [3.63, 3.8) is 0 Å². The van der Waals surface area contributed by atoms with Crippen molar-refractivity contribution in [2.45, 2.75) is 24.9 Å². The quantitative estimate of drug-likeness (QED) is 0.707. The van der Waals surface area contributed by atoms with Gasteiger partial charge in [0, 0.05) is 35.7 Å². The van der Waals surface area contributed by atoms with Crippen molar-refractivity contribution < 1.29 is 9.53 Å². The summed E-state index contributed by atoms with van der Waals surface area (Å²) in [6, 6.07) is 4.84. The van der Waals surface area contributed by atoms with Gasteiger partial charge >= 0.3 is 0 Å². The molecule has 148 valence electrons. The summed E-state index contributed by atoms with van der Waals surface area (Å²) in [5.41, 5.74) is 6.87. The van der Waals surface area contributed by atoms with E-state index in [1.807, 2.05) is 6.07 Å². The maximum absolute atomic E-state index is 12.9. The van der Waals surface area contributed by atoms with Gasteiger partial charge in [-0.05, 0) is 36.5 Å². The molecule has 1 saturated carbocycles. The molecule has 1 aromatic rings. The van der Waals surface area contributed by atoms with Gasteiger partial charge in [-0.1, -0.05) is 29.3 Å². The van der Waals surface area contributed by atoms with Crippen molar-refractivity contribution >= 4 is 53.9 Å². The van der Waals surface area contributed by atoms with Crippen molar-refractivity contribution in [3.05, 3.63) is 33.8 Å². The first-order valence-electron chi connectivity index (χ1n) is 8.36. The number of rotatable bonds is 6. The van der Waals surface area contributed by atoms with E-state index in [0.29, 0.717) is 48.8 Å². The molecule has 1 aromatic carbocycles. The molecule has 9 heteroatoms. The molecule has 0 spiro atoms. The van der Waals surface area contributed by atoms with Crippen LogP contribution in [0.15, 0.2) is 18.2 Å². The lowest BCUT2D eigenvalue weighted by Crippen LogP contribution is -2.48. The van der Waals surface area contributed by atoms with Gasteiger partial charge in [-0.15, -0.1) is 24.8 Å². The van der Waals surface area contributed by atoms with Crippen LogP contribution in [0.25, 0.3) is 0 Å². The molecule has 3 N–H and O–H groups in total. The van der Waals surface area contributed by atoms with Crippen molar-refractivity contribution in [1.29, 1.82) is 0 Å². The van der Waals surface area contributed by atoms with E-state index in [9.17, 15) is 4.79 Å². The number of ether oxygens (including phenoxy) is 1. The van der Waals surface area contributed by atoms with E-state index in [0.717, 1.165) is 18.4 Å². The minimum Gasteiger partial charge on any atom is -0.379 e. The van der Waals surface area contributed by atoms with Crippen LogP contribution in [0.1, 0.15) is 24.4 Å². The maximum atomic E-state index is 12.9. The fourth-order valence-corrected chi connectivity index (χ4v) is 3.58. The van der Waals surface area contributed by atoms with Gasteiger partial charge in [-0.3, -0.25) is 9.69 Å². The number of carbonyl (C=O) groups is 1. The third-order valence-electron chi connectivity index (χ3n) is 4.66. The lowest BCUT2D eigenvalue weighted by molar-refractivity contribution is -0.128. The summed E-state index contributed by atoms with van der Waals surface area (Å²) in [4.78, 5) is 15.0. The second-order valence-electron chi connectivity index (χ2n) is 6.46. The Balaban J connectivity index is 0.00000169. The Morgan fingerprint density at radius 1 is 1.27 bits per heavy atom. The zero-order valence-electron chi connectivity index (χ0n) is 14.3. The van der Waals surface area contributed by atoms with Crippen LogP contribution in [0.5, 0.6) is 0 Å². The van der Waals surface area contributed by atoms with E-state index < -0.39 is 6.04 Å². The minimum absolute atomic E-state index is 0. The van der Waals surface area contributed by atoms with E-state index in [1.165, 1.54) is 0 Å². The molecule has 5 nitrogen and oxygen atoms in total. The Morgan fingerprint density at radius 3 is 2.50 bits per heavy atom. The van der Waals surface area contributed by atoms with Crippen LogP contribution < -0.4 is 11.1 Å². The second-order valence-corrected chi connectivity index (χ2v) is 7.31. The molecule has 2 aliphatic rings. The van der Waals surface area contributed by atoms with E-state index in [4.69, 9.17) is 33.7 Å². The molecule has 0 aromatic heterocycles. The number of benzene rings is 1. The standard InChI is InChI=1S/C17H23Cl2N3O2.2ClH/c18-12-3-4-13(14(19)9-12)16(22-5-7-24-8-6-22)17(23)21-10-15(20)11-1-2-11;;/h3-4,9,11,15-16H,1-2,5-8,10,20H2,(H,21,23);2*1H. The first kappa shape index (κ1) is 23.8. The topological polar surface area (TPSA) is 67.6 Å². The first-order chi connectivity index (χ1) is 11.6. The SMILES string of the molecule is Cl.Cl.NC(CNC(=O)C(c1ccc(Cl)cc1Cl)N1CCOCC1)C1CC1. The number of nitrogens with one attached hydrogen (secondary N) is 1. The van der Waals surface area contributed by atoms with Crippen molar-refractivity contribution in [1.82, 2.24) is 10.2 Å². The molecular formula is C17H25Cl4N3O2. The van der Waals surface area contributed by atoms with Gasteiger partial charge in [-0.25, -0.2) is 0 Å². The highest BCUT2D eigenvalue weighted by Gasteiger charge is 2.33. The zero-order valence-corrected chi connectivity index (χ0v) is 17.5. The van der Waals surface area contributed by atoms with E-state index in [2.05, 4.69) is 10.2 Å². The highest BCUT2D eigenvalue weighted by atomic mass is 35.5. The normalized spacial score (nSPS) is 19.7. The van der Waals surface area contributed by atoms with Crippen molar-refractivity contribution in [2.75, 3.05) is 32.8 Å². The fourth-order valence-electron chi connectivity index (χ4n) is 3.07. The molecule has 3 rings (SSSR count). The third-order valence-corrected chi connectivity index (χ3v) is 5.22. The number of hydrogen-bond acceptors (Lipinski definition) is 4. The largest absolute Gasteiger partial charge is 0.379 e. The minimum atomic E-state index is -0.454. The van der Waals surface area contributed by atoms with Gasteiger partial charge in [0.15, 0.2) is 0 Å². The molecule has 2 fully saturated rings. The first-order valence-corrected chi connectivity index (χ1v) is 9.12. The Bertz CT molecular complexity index is 595. The molecule has 2 atom stereocenters. The number of nitrogens with zero attached hydrogens (tertiary/aromatic N) is 1. The number of amides is 1. The highest BCUT2D eigenvalue weighted by Crippen LogP contribution is 2.32. The predicted octanol–water partition coefficient (Wildman–Crippen LogP) is 3.06. The number of halogens is 4. The lowest BCUT2D eigenvalue weighted by Gasteiger charge is -2.34. The van der Waals surface area contributed by atoms with Crippen LogP contribution in [0.3, 0.4) is 0 Å². The smallest absolute Gasteiger partial charge is 0.242 e. The van der Waals surface area contributed by atoms with Gasteiger partial charge in [-0.2, -0.15) is 0 Å². The molecule has 1 aliphatic heterocycles. The summed E-state index contributed by atoms with van der Waals surface area (Å²) in [7, 11) is 0. The summed E-state index contributed by atoms with van der Waals surface area (Å²) in [5, 5.41) is 4.06. The Hall–Kier alpha value is -0.270. The van der Waals surface area contributed by atoms with Crippen molar-refractivity contribution in [2.24, 2.45) is 11.7 Å². The average molecular weight is 445 g/mol. The molecule has 1 amide bonds. The van der Waals surface area contributed by atoms with Gasteiger partial charge in [0.1, 0.15) is 6.04 Å². The van der Waals surface area contributed by atoms with Crippen molar-refractivity contribution in [3.8, 4) is 0 Å². The molecule has 1 heterocycles. The maximum Gasteiger partial charge on any atom is 0.242 e. The number of hydrogen-bond donors (Lipinski definition) is 2. The van der Waals surface area contributed by atoms with E-state index >= 15 is 0 Å². The number of carbonyl (C=O) groups excluding carboxylic acids is 1. The summed E-state index contributed by atoms with van der Waals surface area (Å²) in [6.07, 6.45) is 2.32. The highest BCUT2D eigenvalue weighted by molar-refractivity contribution is 6.35. The van der Waals surface area contributed by atoms with Gasteiger partial charge in [0.2, 0.25) is 5.91 Å². The summed E-state index contributed by atoms with van der Waals surface area (Å²) in [6.45, 7) is 3.08. The van der Waals surface area contributed by atoms with Crippen LogP contribution in [0, 0.1) is 5.92 Å². The van der Waals surface area contributed by atoms with Crippen LogP contribution in [-0.4, -0.2) is 49.7 Å². The Morgan fingerprint density at radius 2 is 1.92 bits per heavy atom. The molecule has 26 heavy (non-hydrogen) atoms. The summed E-state index contributed by atoms with van der Waals surface area (Å²) >= 11 is 12.4. The Kier molecular flexibility index (Phi) is 9.97. The predicted molar refractivity (Wildman–Crippen MR) is 110 cm³/mol. The van der Waals surface area contributed by atoms with E-state index in [1.54, 1.807) is 12.1 Å². The third kappa shape index (κ3) is 6.13.